The molecule has 7 aromatic carbocycles. The lowest BCUT2D eigenvalue weighted by atomic mass is 9.81. The number of nitrogens with zero attached hydrogens (tertiary/aromatic N) is 2. The maximum atomic E-state index is 2.42. The van der Waals surface area contributed by atoms with E-state index in [1.54, 1.807) is 0 Å². The first-order valence-corrected chi connectivity index (χ1v) is 21.1. The average molecular weight is 771 g/mol. The van der Waals surface area contributed by atoms with E-state index in [4.69, 9.17) is 0 Å². The van der Waals surface area contributed by atoms with E-state index in [1.807, 2.05) is 0 Å². The van der Waals surface area contributed by atoms with Crippen molar-refractivity contribution in [2.24, 2.45) is 0 Å². The fourth-order valence-corrected chi connectivity index (χ4v) is 8.42. The fourth-order valence-electron chi connectivity index (χ4n) is 8.42. The molecule has 1 aliphatic rings. The maximum absolute atomic E-state index is 2.42. The molecule has 0 heterocycles. The molecular weight excluding hydrogens is 713 g/mol. The Bertz CT molecular complexity index is 2610. The van der Waals surface area contributed by atoms with Gasteiger partial charge in [-0.25, -0.2) is 0 Å². The highest BCUT2D eigenvalue weighted by Crippen LogP contribution is 2.51. The lowest BCUT2D eigenvalue weighted by Crippen LogP contribution is -2.17. The van der Waals surface area contributed by atoms with Crippen LogP contribution in [0.5, 0.6) is 0 Å². The van der Waals surface area contributed by atoms with Crippen molar-refractivity contribution < 1.29 is 0 Å². The second-order valence-electron chi connectivity index (χ2n) is 19.0. The monoisotopic (exact) mass is 770 g/mol. The Morgan fingerprint density at radius 2 is 0.695 bits per heavy atom. The van der Waals surface area contributed by atoms with Gasteiger partial charge in [0.2, 0.25) is 0 Å². The zero-order valence-electron chi connectivity index (χ0n) is 36.6. The van der Waals surface area contributed by atoms with Crippen LogP contribution >= 0.6 is 0 Å². The highest BCUT2D eigenvalue weighted by atomic mass is 15.1. The van der Waals surface area contributed by atoms with Crippen LogP contribution in [0.1, 0.15) is 99.9 Å². The molecule has 0 spiro atoms. The molecule has 0 aromatic heterocycles. The summed E-state index contributed by atoms with van der Waals surface area (Å²) in [6.07, 6.45) is 4.49. The summed E-state index contributed by atoms with van der Waals surface area (Å²) < 4.78 is 0. The van der Waals surface area contributed by atoms with Gasteiger partial charge in [-0.3, -0.25) is 0 Å². The Balaban J connectivity index is 1.07. The standard InChI is InChI=1S/C57H58N2/c1-39-11-24-45(25-12-39)58(48-30-20-43(21-31-48)55(3,4)5)47-28-17-41(18-29-47)15-16-42-19-35-51-52-36-34-50(38-54(52)57(9,10)53(51)37-42)59(46-26-13-40(2)14-27-46)49-32-22-44(23-33-49)56(6,7)8/h11-38H,1-10H3/b16-15+. The molecular formula is C57H58N2. The molecule has 0 atom stereocenters. The normalized spacial score (nSPS) is 13.3. The number of hydrogen-bond acceptors (Lipinski definition) is 2. The predicted molar refractivity (Wildman–Crippen MR) is 256 cm³/mol. The van der Waals surface area contributed by atoms with E-state index in [-0.39, 0.29) is 16.2 Å². The van der Waals surface area contributed by atoms with Crippen molar-refractivity contribution >= 4 is 46.3 Å². The number of fused-ring (bicyclic) bond motifs is 3. The molecule has 8 rings (SSSR count). The van der Waals surface area contributed by atoms with E-state index in [0.717, 1.165) is 28.4 Å². The third-order valence-electron chi connectivity index (χ3n) is 12.1. The van der Waals surface area contributed by atoms with Crippen LogP contribution < -0.4 is 9.80 Å². The first-order valence-electron chi connectivity index (χ1n) is 21.1. The Morgan fingerprint density at radius 3 is 1.14 bits per heavy atom. The summed E-state index contributed by atoms with van der Waals surface area (Å²) in [6, 6.07) is 58.7. The van der Waals surface area contributed by atoms with Crippen LogP contribution in [0, 0.1) is 13.8 Å². The SMILES string of the molecule is Cc1ccc(N(c2ccc(/C=C/c3ccc4c(c3)C(C)(C)c3cc(N(c5ccc(C)cc5)c5ccc(C(C)(C)C)cc5)ccc3-4)cc2)c2ccc(C(C)(C)C)cc2)cc1. The number of rotatable bonds is 8. The summed E-state index contributed by atoms with van der Waals surface area (Å²) in [5.74, 6) is 0. The van der Waals surface area contributed by atoms with Crippen molar-refractivity contribution in [3.8, 4) is 11.1 Å². The first-order chi connectivity index (χ1) is 28.1. The van der Waals surface area contributed by atoms with Crippen molar-refractivity contribution in [3.05, 3.63) is 202 Å². The molecule has 0 N–H and O–H groups in total. The number of anilines is 6. The minimum absolute atomic E-state index is 0.0961. The van der Waals surface area contributed by atoms with Crippen LogP contribution in [0.4, 0.5) is 34.1 Å². The zero-order valence-corrected chi connectivity index (χ0v) is 36.6. The molecule has 7 aromatic rings. The second kappa shape index (κ2) is 15.2. The number of benzene rings is 7. The Hall–Kier alpha value is -6.12. The Labute approximate surface area is 353 Å². The molecule has 0 saturated heterocycles. The molecule has 0 radical (unpaired) electrons. The van der Waals surface area contributed by atoms with E-state index >= 15 is 0 Å². The molecule has 0 aliphatic heterocycles. The molecule has 0 saturated carbocycles. The van der Waals surface area contributed by atoms with E-state index < -0.39 is 0 Å². The van der Waals surface area contributed by atoms with Crippen molar-refractivity contribution in [1.82, 2.24) is 0 Å². The molecule has 0 amide bonds. The minimum Gasteiger partial charge on any atom is -0.311 e. The molecule has 0 bridgehead atoms. The van der Waals surface area contributed by atoms with Crippen LogP contribution in [0.15, 0.2) is 158 Å². The van der Waals surface area contributed by atoms with Crippen LogP contribution in [-0.4, -0.2) is 0 Å². The zero-order chi connectivity index (χ0) is 41.7. The van der Waals surface area contributed by atoms with Crippen molar-refractivity contribution in [2.75, 3.05) is 9.80 Å². The summed E-state index contributed by atoms with van der Waals surface area (Å²) in [5.41, 5.74) is 19.9. The summed E-state index contributed by atoms with van der Waals surface area (Å²) in [4.78, 5) is 4.74. The number of hydrogen-bond donors (Lipinski definition) is 0. The van der Waals surface area contributed by atoms with Gasteiger partial charge in [0.25, 0.3) is 0 Å². The van der Waals surface area contributed by atoms with Gasteiger partial charge in [0.05, 0.1) is 0 Å². The van der Waals surface area contributed by atoms with Gasteiger partial charge in [-0.1, -0.05) is 164 Å². The van der Waals surface area contributed by atoms with Crippen LogP contribution in [-0.2, 0) is 16.2 Å². The molecule has 1 aliphatic carbocycles. The quantitative estimate of drug-likeness (QED) is 0.142. The van der Waals surface area contributed by atoms with Crippen molar-refractivity contribution in [3.63, 3.8) is 0 Å². The molecule has 2 heteroatoms. The van der Waals surface area contributed by atoms with E-state index in [0.29, 0.717) is 0 Å². The van der Waals surface area contributed by atoms with E-state index in [1.165, 1.54) is 61.3 Å². The van der Waals surface area contributed by atoms with Gasteiger partial charge in [0.1, 0.15) is 0 Å². The van der Waals surface area contributed by atoms with Gasteiger partial charge < -0.3 is 9.80 Å². The smallest absolute Gasteiger partial charge is 0.0465 e. The third-order valence-corrected chi connectivity index (χ3v) is 12.1. The molecule has 296 valence electrons. The molecule has 2 nitrogen and oxygen atoms in total. The van der Waals surface area contributed by atoms with E-state index in [2.05, 4.69) is 249 Å². The summed E-state index contributed by atoms with van der Waals surface area (Å²) in [6.45, 7) is 22.6. The van der Waals surface area contributed by atoms with Crippen LogP contribution in [0.2, 0.25) is 0 Å². The highest BCUT2D eigenvalue weighted by Gasteiger charge is 2.36. The third kappa shape index (κ3) is 8.02. The van der Waals surface area contributed by atoms with Gasteiger partial charge >= 0.3 is 0 Å². The van der Waals surface area contributed by atoms with Gasteiger partial charge in [-0.15, -0.1) is 0 Å². The average Bonchev–Trinajstić information content (AvgIpc) is 3.43. The van der Waals surface area contributed by atoms with Gasteiger partial charge in [-0.2, -0.15) is 0 Å². The van der Waals surface area contributed by atoms with E-state index in [9.17, 15) is 0 Å². The second-order valence-corrected chi connectivity index (χ2v) is 19.0. The first kappa shape index (κ1) is 39.7. The van der Waals surface area contributed by atoms with Gasteiger partial charge in [-0.05, 0) is 142 Å². The molecule has 0 fully saturated rings. The van der Waals surface area contributed by atoms with Gasteiger partial charge in [0, 0.05) is 39.5 Å². The summed E-state index contributed by atoms with van der Waals surface area (Å²) in [5, 5.41) is 0. The fraction of sp³-hybridized carbons (Fsp3) is 0.228. The van der Waals surface area contributed by atoms with Crippen molar-refractivity contribution in [1.29, 1.82) is 0 Å². The summed E-state index contributed by atoms with van der Waals surface area (Å²) >= 11 is 0. The minimum atomic E-state index is -0.161. The van der Waals surface area contributed by atoms with Crippen molar-refractivity contribution in [2.45, 2.75) is 85.5 Å². The molecule has 59 heavy (non-hydrogen) atoms. The highest BCUT2D eigenvalue weighted by molar-refractivity contribution is 5.87. The molecule has 0 unspecified atom stereocenters. The lowest BCUT2D eigenvalue weighted by molar-refractivity contribution is 0.590. The van der Waals surface area contributed by atoms with Gasteiger partial charge in [0.15, 0.2) is 0 Å². The Kier molecular flexibility index (Phi) is 10.3. The van der Waals surface area contributed by atoms with Crippen LogP contribution in [0.3, 0.4) is 0 Å². The topological polar surface area (TPSA) is 6.48 Å². The summed E-state index contributed by atoms with van der Waals surface area (Å²) in [7, 11) is 0. The van der Waals surface area contributed by atoms with Crippen LogP contribution in [0.25, 0.3) is 23.3 Å². The predicted octanol–water partition coefficient (Wildman–Crippen LogP) is 16.3. The maximum Gasteiger partial charge on any atom is 0.0465 e. The Morgan fingerprint density at radius 1 is 0.373 bits per heavy atom. The largest absolute Gasteiger partial charge is 0.311 e. The lowest BCUT2D eigenvalue weighted by Gasteiger charge is -2.29. The number of aryl methyl sites for hydroxylation is 2.